The summed E-state index contributed by atoms with van der Waals surface area (Å²) in [5.74, 6) is -2.34. The first-order chi connectivity index (χ1) is 6.43. The van der Waals surface area contributed by atoms with E-state index in [2.05, 4.69) is 4.98 Å². The molecule has 1 heterocycles. The Kier molecular flexibility index (Phi) is 5.61. The van der Waals surface area contributed by atoms with Crippen molar-refractivity contribution in [1.29, 1.82) is 0 Å². The summed E-state index contributed by atoms with van der Waals surface area (Å²) in [6.45, 7) is 3.06. The number of hydrogen-bond donors (Lipinski definition) is 2. The maximum Gasteiger partial charge on any atom is 1.00 e. The molecule has 0 aliphatic rings. The van der Waals surface area contributed by atoms with Gasteiger partial charge in [0.05, 0.1) is 22.5 Å². The number of aromatic carboxylic acids is 2. The molecule has 0 aliphatic heterocycles. The van der Waals surface area contributed by atoms with Crippen LogP contribution < -0.4 is 51.4 Å². The average Bonchev–Trinajstić information content (AvgIpc) is 2.02. The van der Waals surface area contributed by atoms with Gasteiger partial charge in [0.15, 0.2) is 0 Å². The number of carbonyl (C=O) groups is 2. The van der Waals surface area contributed by atoms with Crippen molar-refractivity contribution in [3.8, 4) is 0 Å². The van der Waals surface area contributed by atoms with Gasteiger partial charge in [0.1, 0.15) is 0 Å². The fraction of sp³-hybridized carbons (Fsp3) is 0.222. The Hall–Kier alpha value is -0.274. The Morgan fingerprint density at radius 3 is 1.67 bits per heavy atom. The van der Waals surface area contributed by atoms with E-state index in [9.17, 15) is 9.59 Å². The summed E-state index contributed by atoms with van der Waals surface area (Å²) in [5, 5.41) is 17.5. The summed E-state index contributed by atoms with van der Waals surface area (Å²) >= 11 is 0. The third-order valence-corrected chi connectivity index (χ3v) is 1.86. The number of hydrogen-bond acceptors (Lipinski definition) is 3. The van der Waals surface area contributed by atoms with Crippen LogP contribution in [0.2, 0.25) is 0 Å². The molecule has 0 unspecified atom stereocenters. The van der Waals surface area contributed by atoms with Crippen LogP contribution in [0.1, 0.15) is 32.1 Å². The van der Waals surface area contributed by atoms with Crippen molar-refractivity contribution in [2.45, 2.75) is 13.8 Å². The molecule has 0 saturated carbocycles. The van der Waals surface area contributed by atoms with Gasteiger partial charge >= 0.3 is 63.3 Å². The molecule has 0 spiro atoms. The van der Waals surface area contributed by atoms with E-state index in [1.165, 1.54) is 13.8 Å². The molecule has 0 aliphatic carbocycles. The van der Waals surface area contributed by atoms with Crippen molar-refractivity contribution in [3.05, 3.63) is 28.6 Å². The summed E-state index contributed by atoms with van der Waals surface area (Å²) < 4.78 is 0. The molecule has 2 N–H and O–H groups in total. The van der Waals surface area contributed by atoms with Gasteiger partial charge in [0.25, 0.3) is 0 Å². The number of nitrogens with zero attached hydrogens (tertiary/aromatic N) is 1. The molecule has 0 aromatic carbocycles. The van der Waals surface area contributed by atoms with E-state index >= 15 is 0 Å². The van der Waals surface area contributed by atoms with Crippen LogP contribution in [0.15, 0.2) is 6.07 Å². The van der Waals surface area contributed by atoms with Crippen LogP contribution in [0.25, 0.3) is 0 Å². The van der Waals surface area contributed by atoms with Crippen LogP contribution >= 0.6 is 0 Å². The Morgan fingerprint density at radius 2 is 1.40 bits per heavy atom. The standard InChI is InChI=1S/C9H9NO4.K/c1-4-6(8(11)12)3-7(9(13)14)5(2)10-4;/h3H,1-2H3,(H,11,12)(H,13,14);/q;+1. The third kappa shape index (κ3) is 3.35. The van der Waals surface area contributed by atoms with E-state index in [0.29, 0.717) is 11.4 Å². The summed E-state index contributed by atoms with van der Waals surface area (Å²) in [6, 6.07) is 1.13. The number of pyridine rings is 1. The maximum absolute atomic E-state index is 10.7. The van der Waals surface area contributed by atoms with Crippen LogP contribution in [-0.4, -0.2) is 27.1 Å². The molecular weight excluding hydrogens is 225 g/mol. The largest absolute Gasteiger partial charge is 1.00 e. The van der Waals surface area contributed by atoms with Gasteiger partial charge in [-0.2, -0.15) is 0 Å². The SMILES string of the molecule is Cc1nc(C)c(C(=O)O)cc1C(=O)O.[K+]. The Balaban J connectivity index is 0.00000196. The molecule has 0 bridgehead atoms. The topological polar surface area (TPSA) is 87.5 Å². The van der Waals surface area contributed by atoms with Gasteiger partial charge in [0.2, 0.25) is 0 Å². The number of aryl methyl sites for hydroxylation is 2. The molecular formula is C9H9KNO4+. The van der Waals surface area contributed by atoms with Gasteiger partial charge in [-0.15, -0.1) is 0 Å². The number of carboxylic acid groups (broad SMARTS) is 2. The minimum Gasteiger partial charge on any atom is -0.478 e. The normalized spacial score (nSPS) is 9.20. The molecule has 0 radical (unpaired) electrons. The second kappa shape index (κ2) is 5.71. The molecule has 0 amide bonds. The van der Waals surface area contributed by atoms with Crippen molar-refractivity contribution in [2.75, 3.05) is 0 Å². The number of rotatable bonds is 2. The quantitative estimate of drug-likeness (QED) is 0.584. The molecule has 15 heavy (non-hydrogen) atoms. The summed E-state index contributed by atoms with van der Waals surface area (Å²) in [4.78, 5) is 25.2. The van der Waals surface area contributed by atoms with Crippen LogP contribution in [0.3, 0.4) is 0 Å². The molecule has 0 saturated heterocycles. The number of aromatic nitrogens is 1. The molecule has 1 aromatic heterocycles. The Bertz CT molecular complexity index is 382. The maximum atomic E-state index is 10.7. The monoisotopic (exact) mass is 234 g/mol. The summed E-state index contributed by atoms with van der Waals surface area (Å²) in [6.07, 6.45) is 0. The fourth-order valence-corrected chi connectivity index (χ4v) is 1.16. The summed E-state index contributed by atoms with van der Waals surface area (Å²) in [5.41, 5.74) is 0.487. The van der Waals surface area contributed by atoms with Crippen molar-refractivity contribution < 1.29 is 71.2 Å². The van der Waals surface area contributed by atoms with E-state index in [1.807, 2.05) is 0 Å². The molecule has 1 aromatic rings. The Labute approximate surface area is 129 Å². The molecule has 0 fully saturated rings. The van der Waals surface area contributed by atoms with E-state index in [1.54, 1.807) is 0 Å². The minimum atomic E-state index is -1.17. The Morgan fingerprint density at radius 1 is 1.07 bits per heavy atom. The minimum absolute atomic E-state index is 0. The molecule has 1 rings (SSSR count). The average molecular weight is 234 g/mol. The second-order valence-corrected chi connectivity index (χ2v) is 2.86. The van der Waals surface area contributed by atoms with Gasteiger partial charge in [-0.05, 0) is 19.9 Å². The first-order valence-corrected chi connectivity index (χ1v) is 3.88. The van der Waals surface area contributed by atoms with Crippen LogP contribution in [0.5, 0.6) is 0 Å². The zero-order valence-electron chi connectivity index (χ0n) is 8.74. The van der Waals surface area contributed by atoms with E-state index < -0.39 is 11.9 Å². The van der Waals surface area contributed by atoms with Crippen LogP contribution in [0, 0.1) is 13.8 Å². The van der Waals surface area contributed by atoms with Gasteiger partial charge in [-0.25, -0.2) is 9.59 Å². The fourth-order valence-electron chi connectivity index (χ4n) is 1.16. The van der Waals surface area contributed by atoms with Crippen molar-refractivity contribution in [1.82, 2.24) is 4.98 Å². The van der Waals surface area contributed by atoms with Crippen molar-refractivity contribution in [3.63, 3.8) is 0 Å². The van der Waals surface area contributed by atoms with Crippen LogP contribution in [0.4, 0.5) is 0 Å². The van der Waals surface area contributed by atoms with Gasteiger partial charge in [0, 0.05) is 0 Å². The zero-order valence-corrected chi connectivity index (χ0v) is 11.9. The van der Waals surface area contributed by atoms with E-state index in [-0.39, 0.29) is 62.5 Å². The van der Waals surface area contributed by atoms with Gasteiger partial charge in [-0.1, -0.05) is 0 Å². The molecule has 5 nitrogen and oxygen atoms in total. The molecule has 74 valence electrons. The summed E-state index contributed by atoms with van der Waals surface area (Å²) in [7, 11) is 0. The first kappa shape index (κ1) is 14.7. The van der Waals surface area contributed by atoms with E-state index in [4.69, 9.17) is 10.2 Å². The second-order valence-electron chi connectivity index (χ2n) is 2.86. The van der Waals surface area contributed by atoms with Crippen LogP contribution in [-0.2, 0) is 0 Å². The zero-order chi connectivity index (χ0) is 10.9. The molecule has 6 heteroatoms. The van der Waals surface area contributed by atoms with Gasteiger partial charge in [-0.3, -0.25) is 4.98 Å². The number of carboxylic acids is 2. The predicted molar refractivity (Wildman–Crippen MR) is 47.6 cm³/mol. The molecule has 0 atom stereocenters. The smallest absolute Gasteiger partial charge is 0.478 e. The first-order valence-electron chi connectivity index (χ1n) is 3.88. The van der Waals surface area contributed by atoms with Crippen molar-refractivity contribution >= 4 is 11.9 Å². The van der Waals surface area contributed by atoms with E-state index in [0.717, 1.165) is 6.07 Å². The third-order valence-electron chi connectivity index (χ3n) is 1.86. The predicted octanol–water partition coefficient (Wildman–Crippen LogP) is -1.90. The van der Waals surface area contributed by atoms with Gasteiger partial charge < -0.3 is 10.2 Å². The van der Waals surface area contributed by atoms with Crippen molar-refractivity contribution in [2.24, 2.45) is 0 Å².